The number of nitrogens with one attached hydrogen (secondary N) is 1. The minimum absolute atomic E-state index is 0.00901. The number of fused-ring (bicyclic) bond motifs is 1. The van der Waals surface area contributed by atoms with E-state index >= 15 is 0 Å². The maximum absolute atomic E-state index is 12.9. The van der Waals surface area contributed by atoms with E-state index in [1.807, 2.05) is 20.0 Å². The van der Waals surface area contributed by atoms with Crippen molar-refractivity contribution < 1.29 is 14.1 Å². The van der Waals surface area contributed by atoms with Crippen LogP contribution in [0.5, 0.6) is 0 Å². The molecular formula is C23H33N5O3. The Morgan fingerprint density at radius 2 is 1.97 bits per heavy atom. The van der Waals surface area contributed by atoms with Gasteiger partial charge >= 0.3 is 0 Å². The zero-order valence-corrected chi connectivity index (χ0v) is 19.3. The molecule has 0 unspecified atom stereocenters. The number of anilines is 1. The lowest BCUT2D eigenvalue weighted by molar-refractivity contribution is -0.00575. The minimum atomic E-state index is -0.232. The predicted molar refractivity (Wildman–Crippen MR) is 117 cm³/mol. The van der Waals surface area contributed by atoms with Crippen molar-refractivity contribution in [3.05, 3.63) is 35.0 Å². The van der Waals surface area contributed by atoms with Gasteiger partial charge in [-0.2, -0.15) is 0 Å². The molecule has 8 heteroatoms. The summed E-state index contributed by atoms with van der Waals surface area (Å²) < 4.78 is 11.1. The quantitative estimate of drug-likeness (QED) is 0.796. The molecule has 0 bridgehead atoms. The summed E-state index contributed by atoms with van der Waals surface area (Å²) in [5.41, 5.74) is 2.30. The molecule has 1 N–H and O–H groups in total. The largest absolute Gasteiger partial charge is 0.372 e. The van der Waals surface area contributed by atoms with Crippen molar-refractivity contribution >= 4 is 11.9 Å². The first-order valence-corrected chi connectivity index (χ1v) is 11.1. The second-order valence-corrected chi connectivity index (χ2v) is 10.1. The van der Waals surface area contributed by atoms with Gasteiger partial charge in [0, 0.05) is 36.8 Å². The fourth-order valence-corrected chi connectivity index (χ4v) is 4.56. The average molecular weight is 428 g/mol. The van der Waals surface area contributed by atoms with Gasteiger partial charge in [-0.15, -0.1) is 0 Å². The molecule has 31 heavy (non-hydrogen) atoms. The molecule has 168 valence electrons. The lowest BCUT2D eigenvalue weighted by Gasteiger charge is -2.38. The van der Waals surface area contributed by atoms with Gasteiger partial charge < -0.3 is 19.5 Å². The highest BCUT2D eigenvalue weighted by Gasteiger charge is 2.36. The first-order valence-electron chi connectivity index (χ1n) is 11.1. The van der Waals surface area contributed by atoms with Crippen molar-refractivity contribution in [1.29, 1.82) is 0 Å². The van der Waals surface area contributed by atoms with Crippen molar-refractivity contribution in [2.45, 2.75) is 78.6 Å². The Morgan fingerprint density at radius 1 is 1.26 bits per heavy atom. The van der Waals surface area contributed by atoms with Gasteiger partial charge in [-0.05, 0) is 32.1 Å². The molecule has 0 radical (unpaired) electrons. The highest BCUT2D eigenvalue weighted by Crippen LogP contribution is 2.40. The van der Waals surface area contributed by atoms with Crippen molar-refractivity contribution in [3.8, 4) is 0 Å². The van der Waals surface area contributed by atoms with E-state index in [2.05, 4.69) is 48.1 Å². The van der Waals surface area contributed by atoms with Gasteiger partial charge in [0.05, 0.1) is 23.9 Å². The second kappa shape index (κ2) is 8.22. The van der Waals surface area contributed by atoms with E-state index in [0.717, 1.165) is 43.1 Å². The summed E-state index contributed by atoms with van der Waals surface area (Å²) in [7, 11) is 0. The monoisotopic (exact) mass is 427 g/mol. The summed E-state index contributed by atoms with van der Waals surface area (Å²) in [6.45, 7) is 14.1. The smallest absolute Gasteiger partial charge is 0.273 e. The lowest BCUT2D eigenvalue weighted by Crippen LogP contribution is -2.46. The molecule has 4 rings (SSSR count). The number of nitrogens with zero attached hydrogens (tertiary/aromatic N) is 4. The molecule has 3 atom stereocenters. The van der Waals surface area contributed by atoms with Crippen LogP contribution >= 0.6 is 0 Å². The first-order chi connectivity index (χ1) is 14.6. The minimum Gasteiger partial charge on any atom is -0.372 e. The van der Waals surface area contributed by atoms with Crippen LogP contribution < -0.4 is 10.2 Å². The fraction of sp³-hybridized carbons (Fsp3) is 0.652. The third kappa shape index (κ3) is 4.74. The number of rotatable bonds is 4. The summed E-state index contributed by atoms with van der Waals surface area (Å²) in [5, 5.41) is 7.09. The molecule has 1 fully saturated rings. The van der Waals surface area contributed by atoms with Crippen molar-refractivity contribution in [3.63, 3.8) is 0 Å². The first kappa shape index (κ1) is 21.7. The number of carbonyl (C=O) groups excluding carboxylic acids is 1. The number of carbonyl (C=O) groups is 1. The SMILES string of the molecule is CC(C)c1cc(C(=O)N[C@@H]2CC(C)(C)Cc3nc(N4C[C@@H](C)O[C@H](C)C4)ncc32)no1. The highest BCUT2D eigenvalue weighted by atomic mass is 16.5. The molecule has 1 aliphatic carbocycles. The van der Waals surface area contributed by atoms with E-state index in [0.29, 0.717) is 11.5 Å². The van der Waals surface area contributed by atoms with Crippen LogP contribution in [0, 0.1) is 5.41 Å². The highest BCUT2D eigenvalue weighted by molar-refractivity contribution is 5.92. The van der Waals surface area contributed by atoms with Gasteiger partial charge in [0.15, 0.2) is 5.69 Å². The number of hydrogen-bond acceptors (Lipinski definition) is 7. The zero-order valence-electron chi connectivity index (χ0n) is 19.3. The molecule has 0 saturated carbocycles. The van der Waals surface area contributed by atoms with Crippen molar-refractivity contribution in [2.75, 3.05) is 18.0 Å². The molecule has 1 aliphatic heterocycles. The van der Waals surface area contributed by atoms with Gasteiger partial charge in [0.25, 0.3) is 5.91 Å². The Balaban J connectivity index is 1.57. The Hall–Kier alpha value is -2.48. The van der Waals surface area contributed by atoms with Gasteiger partial charge in [-0.25, -0.2) is 9.97 Å². The number of morpholine rings is 1. The van der Waals surface area contributed by atoms with Crippen LogP contribution in [-0.2, 0) is 11.2 Å². The molecule has 2 aliphatic rings. The number of amides is 1. The van der Waals surface area contributed by atoms with E-state index < -0.39 is 0 Å². The second-order valence-electron chi connectivity index (χ2n) is 10.1. The molecule has 0 aromatic carbocycles. The average Bonchev–Trinajstić information content (AvgIpc) is 3.16. The summed E-state index contributed by atoms with van der Waals surface area (Å²) in [6, 6.07) is 1.55. The van der Waals surface area contributed by atoms with Crippen molar-refractivity contribution in [2.24, 2.45) is 5.41 Å². The van der Waals surface area contributed by atoms with E-state index in [4.69, 9.17) is 14.2 Å². The Bertz CT molecular complexity index is 944. The number of hydrogen-bond donors (Lipinski definition) is 1. The van der Waals surface area contributed by atoms with Gasteiger partial charge in [0.1, 0.15) is 5.76 Å². The predicted octanol–water partition coefficient (Wildman–Crippen LogP) is 3.65. The summed E-state index contributed by atoms with van der Waals surface area (Å²) in [6.07, 6.45) is 3.83. The normalized spacial score (nSPS) is 25.4. The maximum atomic E-state index is 12.9. The number of aromatic nitrogens is 3. The molecule has 1 saturated heterocycles. The molecule has 0 spiro atoms. The Labute approximate surface area is 183 Å². The Morgan fingerprint density at radius 3 is 2.61 bits per heavy atom. The van der Waals surface area contributed by atoms with Crippen molar-refractivity contribution in [1.82, 2.24) is 20.4 Å². The van der Waals surface area contributed by atoms with E-state index in [1.54, 1.807) is 6.07 Å². The molecule has 8 nitrogen and oxygen atoms in total. The summed E-state index contributed by atoms with van der Waals surface area (Å²) >= 11 is 0. The third-order valence-corrected chi connectivity index (χ3v) is 6.00. The van der Waals surface area contributed by atoms with Gasteiger partial charge in [-0.3, -0.25) is 4.79 Å². The zero-order chi connectivity index (χ0) is 22.3. The van der Waals surface area contributed by atoms with E-state index in [1.165, 1.54) is 0 Å². The summed E-state index contributed by atoms with van der Waals surface area (Å²) in [5.74, 6) is 1.39. The van der Waals surface area contributed by atoms with Crippen LogP contribution in [0.4, 0.5) is 5.95 Å². The summed E-state index contributed by atoms with van der Waals surface area (Å²) in [4.78, 5) is 24.6. The lowest BCUT2D eigenvalue weighted by atomic mass is 9.74. The Kier molecular flexibility index (Phi) is 5.77. The standard InChI is InChI=1S/C23H33N5O3/c1-13(2)20-7-17(27-31-20)21(29)25-18-8-23(5,6)9-19-16(18)10-24-22(26-19)28-11-14(3)30-15(4)12-28/h7,10,13-15,18H,8-9,11-12H2,1-6H3,(H,25,29)/t14-,15-,18-/m1/s1. The molecule has 2 aromatic heterocycles. The maximum Gasteiger partial charge on any atom is 0.273 e. The van der Waals surface area contributed by atoms with Crippen LogP contribution in [0.25, 0.3) is 0 Å². The molecular weight excluding hydrogens is 394 g/mol. The van der Waals surface area contributed by atoms with Gasteiger partial charge in [0.2, 0.25) is 5.95 Å². The molecule has 2 aromatic rings. The van der Waals surface area contributed by atoms with Crippen LogP contribution in [-0.4, -0.2) is 46.3 Å². The van der Waals surface area contributed by atoms with E-state index in [9.17, 15) is 4.79 Å². The van der Waals surface area contributed by atoms with E-state index in [-0.39, 0.29) is 35.5 Å². The third-order valence-electron chi connectivity index (χ3n) is 6.00. The van der Waals surface area contributed by atoms with Gasteiger partial charge in [-0.1, -0.05) is 32.9 Å². The topological polar surface area (TPSA) is 93.4 Å². The van der Waals surface area contributed by atoms with Crippen LogP contribution in [0.1, 0.15) is 87.4 Å². The fourth-order valence-electron chi connectivity index (χ4n) is 4.56. The number of ether oxygens (including phenoxy) is 1. The van der Waals surface area contributed by atoms with Crippen LogP contribution in [0.2, 0.25) is 0 Å². The molecule has 1 amide bonds. The molecule has 3 heterocycles. The van der Waals surface area contributed by atoms with Crippen LogP contribution in [0.15, 0.2) is 16.8 Å². The van der Waals surface area contributed by atoms with Crippen LogP contribution in [0.3, 0.4) is 0 Å².